The van der Waals surface area contributed by atoms with Gasteiger partial charge in [-0.3, -0.25) is 4.79 Å². The summed E-state index contributed by atoms with van der Waals surface area (Å²) in [4.78, 5) is 12.0. The lowest BCUT2D eigenvalue weighted by atomic mass is 10.0. The van der Waals surface area contributed by atoms with E-state index in [0.717, 1.165) is 17.9 Å². The minimum absolute atomic E-state index is 0.0144. The van der Waals surface area contributed by atoms with Crippen LogP contribution in [0.4, 0.5) is 0 Å². The molecule has 102 valence electrons. The Hall–Kier alpha value is -1.29. The van der Waals surface area contributed by atoms with Crippen LogP contribution in [-0.4, -0.2) is 18.0 Å². The predicted octanol–water partition coefficient (Wildman–Crippen LogP) is 1.87. The Bertz CT molecular complexity index is 391. The van der Waals surface area contributed by atoms with Gasteiger partial charge in [0.15, 0.2) is 0 Å². The number of aryl methyl sites for hydroxylation is 1. The van der Waals surface area contributed by atoms with E-state index >= 15 is 0 Å². The number of nitrogens with two attached hydrogens (primary N) is 1. The number of furan rings is 1. The lowest BCUT2D eigenvalue weighted by molar-refractivity contribution is -0.126. The average molecular weight is 252 g/mol. The number of hydrogen-bond acceptors (Lipinski definition) is 3. The summed E-state index contributed by atoms with van der Waals surface area (Å²) in [7, 11) is 0. The second-order valence-electron chi connectivity index (χ2n) is 5.60. The summed E-state index contributed by atoms with van der Waals surface area (Å²) in [5, 5.41) is 2.95. The van der Waals surface area contributed by atoms with E-state index in [9.17, 15) is 4.79 Å². The third-order valence-corrected chi connectivity index (χ3v) is 2.67. The molecule has 0 radical (unpaired) electrons. The molecule has 1 amide bonds. The van der Waals surface area contributed by atoms with E-state index in [-0.39, 0.29) is 17.4 Å². The zero-order valence-corrected chi connectivity index (χ0v) is 11.7. The summed E-state index contributed by atoms with van der Waals surface area (Å²) in [6.07, 6.45) is 1.42. The van der Waals surface area contributed by atoms with Crippen LogP contribution in [0.5, 0.6) is 0 Å². The normalized spacial score (nSPS) is 13.4. The topological polar surface area (TPSA) is 68.3 Å². The van der Waals surface area contributed by atoms with Crippen LogP contribution in [0.2, 0.25) is 0 Å². The maximum atomic E-state index is 12.0. The molecule has 3 N–H and O–H groups in total. The largest absolute Gasteiger partial charge is 0.466 e. The van der Waals surface area contributed by atoms with Crippen molar-refractivity contribution in [3.8, 4) is 0 Å². The molecule has 1 rings (SSSR count). The van der Waals surface area contributed by atoms with Crippen LogP contribution in [0.3, 0.4) is 0 Å². The van der Waals surface area contributed by atoms with Crippen molar-refractivity contribution in [3.05, 3.63) is 23.7 Å². The highest BCUT2D eigenvalue weighted by Gasteiger charge is 2.23. The molecule has 0 saturated carbocycles. The van der Waals surface area contributed by atoms with E-state index in [1.54, 1.807) is 0 Å². The molecule has 18 heavy (non-hydrogen) atoms. The van der Waals surface area contributed by atoms with Crippen LogP contribution in [0, 0.1) is 5.92 Å². The molecule has 0 saturated heterocycles. The Morgan fingerprint density at radius 2 is 2.00 bits per heavy atom. The highest BCUT2D eigenvalue weighted by atomic mass is 16.3. The van der Waals surface area contributed by atoms with Gasteiger partial charge in [-0.15, -0.1) is 0 Å². The minimum Gasteiger partial charge on any atom is -0.466 e. The highest BCUT2D eigenvalue weighted by Crippen LogP contribution is 2.14. The Kier molecular flexibility index (Phi) is 4.96. The molecule has 4 nitrogen and oxygen atoms in total. The third-order valence-electron chi connectivity index (χ3n) is 2.67. The first-order valence-corrected chi connectivity index (χ1v) is 6.45. The quantitative estimate of drug-likeness (QED) is 0.840. The number of carbonyl (C=O) groups is 1. The van der Waals surface area contributed by atoms with Crippen LogP contribution >= 0.6 is 0 Å². The van der Waals surface area contributed by atoms with Crippen molar-refractivity contribution < 1.29 is 9.21 Å². The standard InChI is InChI=1S/C14H24N2O2/c1-5-11-6-7-12(18-11)8-10(9-15)13(17)16-14(2,3)4/h6-7,10H,5,8-9,15H2,1-4H3,(H,16,17). The Balaban J connectivity index is 2.64. The molecule has 0 aliphatic carbocycles. The second kappa shape index (κ2) is 6.05. The molecule has 0 aliphatic rings. The summed E-state index contributed by atoms with van der Waals surface area (Å²) < 4.78 is 5.61. The first-order valence-electron chi connectivity index (χ1n) is 6.45. The molecule has 0 spiro atoms. The van der Waals surface area contributed by atoms with Crippen LogP contribution < -0.4 is 11.1 Å². The van der Waals surface area contributed by atoms with Crippen molar-refractivity contribution in [1.29, 1.82) is 0 Å². The molecule has 1 heterocycles. The van der Waals surface area contributed by atoms with E-state index < -0.39 is 0 Å². The summed E-state index contributed by atoms with van der Waals surface area (Å²) in [6.45, 7) is 8.24. The van der Waals surface area contributed by atoms with E-state index in [4.69, 9.17) is 10.2 Å². The van der Waals surface area contributed by atoms with E-state index in [2.05, 4.69) is 5.32 Å². The van der Waals surface area contributed by atoms with Gasteiger partial charge in [-0.1, -0.05) is 6.92 Å². The molecule has 0 aliphatic heterocycles. The van der Waals surface area contributed by atoms with Gasteiger partial charge in [0.2, 0.25) is 5.91 Å². The Morgan fingerprint density at radius 1 is 1.39 bits per heavy atom. The maximum Gasteiger partial charge on any atom is 0.225 e. The molecule has 1 aromatic rings. The molecule has 4 heteroatoms. The molecule has 1 unspecified atom stereocenters. The van der Waals surface area contributed by atoms with Gasteiger partial charge in [0.1, 0.15) is 11.5 Å². The zero-order valence-electron chi connectivity index (χ0n) is 11.7. The Morgan fingerprint density at radius 3 is 2.44 bits per heavy atom. The van der Waals surface area contributed by atoms with Crippen LogP contribution in [0.25, 0.3) is 0 Å². The van der Waals surface area contributed by atoms with Gasteiger partial charge in [0.25, 0.3) is 0 Å². The van der Waals surface area contributed by atoms with E-state index in [1.165, 1.54) is 0 Å². The number of rotatable bonds is 5. The van der Waals surface area contributed by atoms with Gasteiger partial charge in [0, 0.05) is 24.9 Å². The lowest BCUT2D eigenvalue weighted by Gasteiger charge is -2.24. The van der Waals surface area contributed by atoms with Gasteiger partial charge in [-0.25, -0.2) is 0 Å². The fourth-order valence-electron chi connectivity index (χ4n) is 1.72. The van der Waals surface area contributed by atoms with E-state index in [1.807, 2.05) is 39.8 Å². The molecule has 0 bridgehead atoms. The molecule has 1 aromatic heterocycles. The SMILES string of the molecule is CCc1ccc(CC(CN)C(=O)NC(C)(C)C)o1. The molecule has 0 aromatic carbocycles. The number of hydrogen-bond donors (Lipinski definition) is 2. The van der Waals surface area contributed by atoms with Crippen LogP contribution in [0.1, 0.15) is 39.2 Å². The van der Waals surface area contributed by atoms with Gasteiger partial charge < -0.3 is 15.5 Å². The first kappa shape index (κ1) is 14.8. The maximum absolute atomic E-state index is 12.0. The summed E-state index contributed by atoms with van der Waals surface area (Å²) >= 11 is 0. The molecular weight excluding hydrogens is 228 g/mol. The second-order valence-corrected chi connectivity index (χ2v) is 5.60. The third kappa shape index (κ3) is 4.53. The van der Waals surface area contributed by atoms with Crippen molar-refractivity contribution in [2.24, 2.45) is 11.7 Å². The number of carbonyl (C=O) groups excluding carboxylic acids is 1. The van der Waals surface area contributed by atoms with Crippen LogP contribution in [-0.2, 0) is 17.6 Å². The fourth-order valence-corrected chi connectivity index (χ4v) is 1.72. The molecule has 0 fully saturated rings. The average Bonchev–Trinajstić information content (AvgIpc) is 2.71. The summed E-state index contributed by atoms with van der Waals surface area (Å²) in [5.41, 5.74) is 5.44. The molecule has 1 atom stereocenters. The summed E-state index contributed by atoms with van der Waals surface area (Å²) in [5.74, 6) is 1.52. The fraction of sp³-hybridized carbons (Fsp3) is 0.643. The Labute approximate surface area is 109 Å². The van der Waals surface area contributed by atoms with Gasteiger partial charge in [-0.05, 0) is 32.9 Å². The predicted molar refractivity (Wildman–Crippen MR) is 72.2 cm³/mol. The lowest BCUT2D eigenvalue weighted by Crippen LogP contribution is -2.46. The van der Waals surface area contributed by atoms with Gasteiger partial charge in [-0.2, -0.15) is 0 Å². The smallest absolute Gasteiger partial charge is 0.225 e. The van der Waals surface area contributed by atoms with Crippen LogP contribution in [0.15, 0.2) is 16.5 Å². The first-order chi connectivity index (χ1) is 8.35. The van der Waals surface area contributed by atoms with Crippen molar-refractivity contribution in [2.75, 3.05) is 6.54 Å². The van der Waals surface area contributed by atoms with Crippen molar-refractivity contribution in [2.45, 2.75) is 46.1 Å². The number of amides is 1. The number of nitrogens with one attached hydrogen (secondary N) is 1. The van der Waals surface area contributed by atoms with Crippen molar-refractivity contribution in [3.63, 3.8) is 0 Å². The highest BCUT2D eigenvalue weighted by molar-refractivity contribution is 5.79. The monoisotopic (exact) mass is 252 g/mol. The van der Waals surface area contributed by atoms with Gasteiger partial charge in [0.05, 0.1) is 5.92 Å². The van der Waals surface area contributed by atoms with Gasteiger partial charge >= 0.3 is 0 Å². The van der Waals surface area contributed by atoms with Crippen molar-refractivity contribution >= 4 is 5.91 Å². The zero-order chi connectivity index (χ0) is 13.8. The molecular formula is C14H24N2O2. The van der Waals surface area contributed by atoms with E-state index in [0.29, 0.717) is 13.0 Å². The minimum atomic E-state index is -0.236. The summed E-state index contributed by atoms with van der Waals surface area (Å²) in [6, 6.07) is 3.87. The van der Waals surface area contributed by atoms with Crippen molar-refractivity contribution in [1.82, 2.24) is 5.32 Å².